The van der Waals surface area contributed by atoms with Crippen molar-refractivity contribution in [3.63, 3.8) is 0 Å². The number of epoxide rings is 3. The van der Waals surface area contributed by atoms with Gasteiger partial charge in [0.25, 0.3) is 0 Å². The molecule has 7 aliphatic rings. The lowest BCUT2D eigenvalue weighted by molar-refractivity contribution is -0.169. The van der Waals surface area contributed by atoms with Gasteiger partial charge < -0.3 is 23.7 Å². The van der Waals surface area contributed by atoms with Crippen LogP contribution in [0.4, 0.5) is 0 Å². The van der Waals surface area contributed by atoms with Gasteiger partial charge >= 0.3 is 11.9 Å². The highest BCUT2D eigenvalue weighted by atomic mass is 16.8. The summed E-state index contributed by atoms with van der Waals surface area (Å²) in [5.74, 6) is 0.0844. The SMILES string of the molecule is CCCCCCCCCCCCCCCC(=O)OC1C2(C(C)C)OC2C2OC23C2(C)CCC4=C(COC4=O)C2CC2OC213. The van der Waals surface area contributed by atoms with E-state index in [-0.39, 0.29) is 47.5 Å². The second-order valence-corrected chi connectivity index (χ2v) is 15.4. The number of hydrogen-bond donors (Lipinski definition) is 0. The molecule has 3 saturated heterocycles. The van der Waals surface area contributed by atoms with E-state index in [0.717, 1.165) is 36.8 Å². The number of hydrogen-bond acceptors (Lipinski definition) is 7. The minimum absolute atomic E-state index is 0.0520. The summed E-state index contributed by atoms with van der Waals surface area (Å²) in [4.78, 5) is 25.8. The summed E-state index contributed by atoms with van der Waals surface area (Å²) in [7, 11) is 0. The van der Waals surface area contributed by atoms with E-state index in [4.69, 9.17) is 23.7 Å². The van der Waals surface area contributed by atoms with Crippen LogP contribution in [0.2, 0.25) is 0 Å². The van der Waals surface area contributed by atoms with Crippen molar-refractivity contribution >= 4 is 11.9 Å². The average Bonchev–Trinajstić information content (AvgIpc) is 3.90. The van der Waals surface area contributed by atoms with E-state index >= 15 is 0 Å². The second kappa shape index (κ2) is 11.1. The van der Waals surface area contributed by atoms with Crippen molar-refractivity contribution in [2.45, 2.75) is 178 Å². The van der Waals surface area contributed by atoms with Crippen molar-refractivity contribution in [3.05, 3.63) is 11.1 Å². The monoisotopic (exact) mass is 598 g/mol. The lowest BCUT2D eigenvalue weighted by Crippen LogP contribution is -2.70. The molecule has 0 aromatic rings. The fraction of sp³-hybridized carbons (Fsp3) is 0.889. The molecule has 2 saturated carbocycles. The van der Waals surface area contributed by atoms with Crippen LogP contribution >= 0.6 is 0 Å². The van der Waals surface area contributed by atoms with Gasteiger partial charge in [-0.05, 0) is 43.1 Å². The first-order chi connectivity index (χ1) is 20.8. The molecule has 3 aliphatic carbocycles. The Morgan fingerprint density at radius 1 is 0.907 bits per heavy atom. The first-order valence-corrected chi connectivity index (χ1v) is 17.9. The van der Waals surface area contributed by atoms with Crippen LogP contribution in [0.5, 0.6) is 0 Å². The van der Waals surface area contributed by atoms with Crippen LogP contribution in [0.3, 0.4) is 0 Å². The number of esters is 2. The van der Waals surface area contributed by atoms with Crippen LogP contribution in [0.1, 0.15) is 137 Å². The van der Waals surface area contributed by atoms with Crippen LogP contribution in [-0.4, -0.2) is 59.8 Å². The van der Waals surface area contributed by atoms with Gasteiger partial charge in [0.1, 0.15) is 30.0 Å². The summed E-state index contributed by atoms with van der Waals surface area (Å²) in [6.45, 7) is 9.32. The minimum atomic E-state index is -0.659. The number of carbonyl (C=O) groups is 2. The maximum absolute atomic E-state index is 13.4. The smallest absolute Gasteiger partial charge is 0.334 e. The van der Waals surface area contributed by atoms with E-state index < -0.39 is 22.9 Å². The lowest BCUT2D eigenvalue weighted by atomic mass is 9.46. The third-order valence-electron chi connectivity index (χ3n) is 12.8. The molecule has 7 heteroatoms. The zero-order valence-corrected chi connectivity index (χ0v) is 27.0. The van der Waals surface area contributed by atoms with Gasteiger partial charge in [-0.3, -0.25) is 4.79 Å². The molecular formula is C36H54O7. The van der Waals surface area contributed by atoms with E-state index in [2.05, 4.69) is 27.7 Å². The normalized spacial score (nSPS) is 42.7. The summed E-state index contributed by atoms with van der Waals surface area (Å²) in [6.07, 6.45) is 18.8. The third-order valence-corrected chi connectivity index (χ3v) is 12.8. The molecule has 2 spiro atoms. The molecule has 43 heavy (non-hydrogen) atoms. The third kappa shape index (κ3) is 4.36. The molecule has 4 aliphatic heterocycles. The Morgan fingerprint density at radius 2 is 1.56 bits per heavy atom. The van der Waals surface area contributed by atoms with Crippen LogP contribution in [0.25, 0.3) is 0 Å². The van der Waals surface area contributed by atoms with Crippen LogP contribution in [-0.2, 0) is 33.3 Å². The topological polar surface area (TPSA) is 90.2 Å². The maximum Gasteiger partial charge on any atom is 0.334 e. The quantitative estimate of drug-likeness (QED) is 0.106. The van der Waals surface area contributed by atoms with E-state index in [1.807, 2.05) is 0 Å². The predicted molar refractivity (Wildman–Crippen MR) is 161 cm³/mol. The molecule has 0 N–H and O–H groups in total. The highest BCUT2D eigenvalue weighted by molar-refractivity contribution is 5.92. The Labute approximate surface area is 258 Å². The maximum atomic E-state index is 13.4. The standard InChI is InChI=1S/C36H54O7/c1-5-6-7-8-9-10-11-12-13-14-15-16-17-18-28(37)40-32-34(23(2)3)29(42-34)30-36(43-30)33(4)20-19-24-25(22-39-31(24)38)26(33)21-27-35(32,36)41-27/h23,26-27,29-30,32H,5-22H2,1-4H3. The van der Waals surface area contributed by atoms with Gasteiger partial charge in [0.05, 0.1) is 6.10 Å². The molecule has 0 aromatic heterocycles. The summed E-state index contributed by atoms with van der Waals surface area (Å²) < 4.78 is 32.0. The molecule has 4 heterocycles. The fourth-order valence-electron chi connectivity index (χ4n) is 10.3. The highest BCUT2D eigenvalue weighted by Gasteiger charge is 3.01. The summed E-state index contributed by atoms with van der Waals surface area (Å²) in [5.41, 5.74) is 0.0666. The summed E-state index contributed by atoms with van der Waals surface area (Å²) in [6, 6.07) is 0. The Hall–Kier alpha value is -1.44. The van der Waals surface area contributed by atoms with Crippen molar-refractivity contribution in [2.24, 2.45) is 17.3 Å². The van der Waals surface area contributed by atoms with E-state index in [1.165, 1.54) is 70.6 Å². The van der Waals surface area contributed by atoms with Crippen LogP contribution in [0, 0.1) is 17.3 Å². The zero-order valence-electron chi connectivity index (χ0n) is 27.0. The van der Waals surface area contributed by atoms with E-state index in [1.54, 1.807) is 0 Å². The lowest BCUT2D eigenvalue weighted by Gasteiger charge is -2.53. The van der Waals surface area contributed by atoms with Gasteiger partial charge in [0.15, 0.2) is 11.7 Å². The molecule has 9 unspecified atom stereocenters. The Bertz CT molecular complexity index is 1150. The molecule has 0 amide bonds. The van der Waals surface area contributed by atoms with Gasteiger partial charge in [0.2, 0.25) is 0 Å². The molecular weight excluding hydrogens is 544 g/mol. The van der Waals surface area contributed by atoms with Gasteiger partial charge in [-0.15, -0.1) is 0 Å². The van der Waals surface area contributed by atoms with E-state index in [9.17, 15) is 9.59 Å². The van der Waals surface area contributed by atoms with E-state index in [0.29, 0.717) is 19.4 Å². The summed E-state index contributed by atoms with van der Waals surface area (Å²) >= 11 is 0. The van der Waals surface area contributed by atoms with Crippen LogP contribution < -0.4 is 0 Å². The van der Waals surface area contributed by atoms with Crippen molar-refractivity contribution < 1.29 is 33.3 Å². The van der Waals surface area contributed by atoms with Crippen molar-refractivity contribution in [1.29, 1.82) is 0 Å². The number of unbranched alkanes of at least 4 members (excludes halogenated alkanes) is 12. The number of cyclic esters (lactones) is 1. The minimum Gasteiger partial charge on any atom is -0.458 e. The molecule has 5 fully saturated rings. The first-order valence-electron chi connectivity index (χ1n) is 17.9. The second-order valence-electron chi connectivity index (χ2n) is 15.4. The molecule has 240 valence electrons. The molecule has 0 radical (unpaired) electrons. The molecule has 7 nitrogen and oxygen atoms in total. The molecule has 0 bridgehead atoms. The number of fused-ring (bicyclic) bond motifs is 4. The van der Waals surface area contributed by atoms with Crippen LogP contribution in [0.15, 0.2) is 11.1 Å². The molecule has 9 atom stereocenters. The van der Waals surface area contributed by atoms with Gasteiger partial charge in [-0.25, -0.2) is 4.79 Å². The average molecular weight is 599 g/mol. The van der Waals surface area contributed by atoms with Crippen molar-refractivity contribution in [1.82, 2.24) is 0 Å². The zero-order chi connectivity index (χ0) is 30.0. The number of ether oxygens (including phenoxy) is 5. The molecule has 7 rings (SSSR count). The van der Waals surface area contributed by atoms with Gasteiger partial charge in [0, 0.05) is 17.4 Å². The number of carbonyl (C=O) groups excluding carboxylic acids is 2. The van der Waals surface area contributed by atoms with Crippen molar-refractivity contribution in [2.75, 3.05) is 6.61 Å². The fourth-order valence-corrected chi connectivity index (χ4v) is 10.3. The highest BCUT2D eigenvalue weighted by Crippen LogP contribution is 2.83. The Balaban J connectivity index is 0.943. The van der Waals surface area contributed by atoms with Gasteiger partial charge in [-0.1, -0.05) is 105 Å². The predicted octanol–water partition coefficient (Wildman–Crippen LogP) is 7.14. The van der Waals surface area contributed by atoms with Crippen molar-refractivity contribution in [3.8, 4) is 0 Å². The molecule has 0 aromatic carbocycles. The summed E-state index contributed by atoms with van der Waals surface area (Å²) in [5, 5.41) is 0. The number of rotatable bonds is 16. The van der Waals surface area contributed by atoms with Gasteiger partial charge in [-0.2, -0.15) is 0 Å². The Kier molecular flexibility index (Phi) is 7.82. The Morgan fingerprint density at radius 3 is 2.21 bits per heavy atom. The first kappa shape index (κ1) is 30.2. The largest absolute Gasteiger partial charge is 0.458 e.